The molecular formula is C6H18ClNO3. The van der Waals surface area contributed by atoms with Crippen molar-refractivity contribution in [3.05, 3.63) is 0 Å². The van der Waals surface area contributed by atoms with Crippen LogP contribution in [0.25, 0.3) is 0 Å². The van der Waals surface area contributed by atoms with Crippen molar-refractivity contribution in [1.29, 1.82) is 0 Å². The predicted octanol–water partition coefficient (Wildman–Crippen LogP) is -1.07. The Labute approximate surface area is 73.9 Å². The van der Waals surface area contributed by atoms with Gasteiger partial charge in [-0.25, -0.2) is 0 Å². The van der Waals surface area contributed by atoms with E-state index in [4.69, 9.17) is 15.3 Å². The van der Waals surface area contributed by atoms with E-state index < -0.39 is 6.10 Å². The summed E-state index contributed by atoms with van der Waals surface area (Å²) in [5.74, 6) is 0. The van der Waals surface area contributed by atoms with Crippen LogP contribution < -0.4 is 0 Å². The van der Waals surface area contributed by atoms with Gasteiger partial charge in [0.25, 0.3) is 0 Å². The molecule has 0 amide bonds. The third kappa shape index (κ3) is 39.3. The Bertz CT molecular complexity index is 57.0. The molecule has 0 rings (SSSR count). The Hall–Kier alpha value is 0.130. The molecule has 5 heteroatoms. The van der Waals surface area contributed by atoms with E-state index in [1.165, 1.54) is 0 Å². The Morgan fingerprint density at radius 2 is 1.27 bits per heavy atom. The van der Waals surface area contributed by atoms with Gasteiger partial charge in [-0.2, -0.15) is 0 Å². The van der Waals surface area contributed by atoms with E-state index in [0.717, 1.165) is 0 Å². The lowest BCUT2D eigenvalue weighted by Crippen LogP contribution is -2.15. The molecule has 0 fully saturated rings. The molecule has 0 aromatic heterocycles. The Balaban J connectivity index is -0.000000114. The minimum atomic E-state index is -0.954. The Morgan fingerprint density at radius 3 is 1.27 bits per heavy atom. The van der Waals surface area contributed by atoms with Gasteiger partial charge in [-0.1, -0.05) is 0 Å². The van der Waals surface area contributed by atoms with E-state index in [1.807, 2.05) is 26.0 Å². The van der Waals surface area contributed by atoms with Crippen molar-refractivity contribution in [3.8, 4) is 0 Å². The second kappa shape index (κ2) is 12.8. The van der Waals surface area contributed by atoms with Crippen LogP contribution in [0.2, 0.25) is 0 Å². The van der Waals surface area contributed by atoms with E-state index in [-0.39, 0.29) is 25.6 Å². The van der Waals surface area contributed by atoms with Crippen molar-refractivity contribution in [3.63, 3.8) is 0 Å². The highest BCUT2D eigenvalue weighted by molar-refractivity contribution is 5.85. The molecular weight excluding hydrogens is 170 g/mol. The lowest BCUT2D eigenvalue weighted by atomic mass is 10.4. The minimum absolute atomic E-state index is 0. The molecule has 0 saturated heterocycles. The number of hydrogen-bond donors (Lipinski definition) is 3. The smallest absolute Gasteiger partial charge is 0.100 e. The second-order valence-electron chi connectivity index (χ2n) is 2.36. The molecule has 0 atom stereocenters. The summed E-state index contributed by atoms with van der Waals surface area (Å²) in [5.41, 5.74) is 0. The van der Waals surface area contributed by atoms with Crippen molar-refractivity contribution >= 4 is 12.4 Å². The van der Waals surface area contributed by atoms with Crippen LogP contribution >= 0.6 is 12.4 Å². The maximum atomic E-state index is 8.17. The molecule has 0 radical (unpaired) electrons. The van der Waals surface area contributed by atoms with Crippen LogP contribution in [0, 0.1) is 0 Å². The van der Waals surface area contributed by atoms with Gasteiger partial charge >= 0.3 is 0 Å². The van der Waals surface area contributed by atoms with Crippen molar-refractivity contribution in [2.75, 3.05) is 34.4 Å². The van der Waals surface area contributed by atoms with Gasteiger partial charge in [-0.15, -0.1) is 12.4 Å². The van der Waals surface area contributed by atoms with E-state index in [1.54, 1.807) is 0 Å². The Morgan fingerprint density at radius 1 is 1.09 bits per heavy atom. The number of rotatable bonds is 2. The molecule has 72 valence electrons. The molecule has 3 N–H and O–H groups in total. The van der Waals surface area contributed by atoms with Gasteiger partial charge in [0, 0.05) is 0 Å². The van der Waals surface area contributed by atoms with Gasteiger partial charge in [0.1, 0.15) is 6.10 Å². The van der Waals surface area contributed by atoms with Crippen LogP contribution in [0.1, 0.15) is 0 Å². The molecule has 0 aliphatic carbocycles. The SMILES string of the molecule is CN(C)C.Cl.OCC(O)CO. The average Bonchev–Trinajstić information content (AvgIpc) is 1.85. The van der Waals surface area contributed by atoms with Crippen LogP contribution in [0.4, 0.5) is 0 Å². The monoisotopic (exact) mass is 187 g/mol. The lowest BCUT2D eigenvalue weighted by molar-refractivity contribution is 0.0450. The first kappa shape index (κ1) is 17.3. The maximum absolute atomic E-state index is 8.17. The molecule has 11 heavy (non-hydrogen) atoms. The minimum Gasteiger partial charge on any atom is -0.394 e. The maximum Gasteiger partial charge on any atom is 0.100 e. The van der Waals surface area contributed by atoms with Gasteiger partial charge in [-0.05, 0) is 21.1 Å². The highest BCUT2D eigenvalue weighted by Crippen LogP contribution is 1.71. The van der Waals surface area contributed by atoms with E-state index >= 15 is 0 Å². The first-order valence-electron chi connectivity index (χ1n) is 3.05. The molecule has 0 bridgehead atoms. The summed E-state index contributed by atoms with van der Waals surface area (Å²) in [7, 11) is 6.00. The largest absolute Gasteiger partial charge is 0.394 e. The standard InChI is InChI=1S/C3H9N.C3H8O3.ClH/c1-4(2)3;4-1-3(6)2-5;/h1-3H3;3-6H,1-2H2;1H. The lowest BCUT2D eigenvalue weighted by Gasteiger charge is -1.96. The topological polar surface area (TPSA) is 63.9 Å². The van der Waals surface area contributed by atoms with Crippen LogP contribution in [-0.2, 0) is 0 Å². The summed E-state index contributed by atoms with van der Waals surface area (Å²) in [6.45, 7) is -0.729. The van der Waals surface area contributed by atoms with Crippen molar-refractivity contribution in [1.82, 2.24) is 4.90 Å². The summed E-state index contributed by atoms with van der Waals surface area (Å²) >= 11 is 0. The molecule has 0 aromatic carbocycles. The van der Waals surface area contributed by atoms with Gasteiger partial charge in [0.05, 0.1) is 13.2 Å². The first-order chi connectivity index (χ1) is 4.54. The third-order valence-corrected chi connectivity index (χ3v) is 0.421. The average molecular weight is 188 g/mol. The molecule has 0 heterocycles. The molecule has 4 nitrogen and oxygen atoms in total. The highest BCUT2D eigenvalue weighted by atomic mass is 35.5. The first-order valence-corrected chi connectivity index (χ1v) is 3.05. The fourth-order valence-corrected chi connectivity index (χ4v) is 0.0577. The van der Waals surface area contributed by atoms with E-state index in [2.05, 4.69) is 0 Å². The summed E-state index contributed by atoms with van der Waals surface area (Å²) in [5, 5.41) is 24.0. The molecule has 0 aliphatic rings. The normalized spacial score (nSPS) is 8.73. The van der Waals surface area contributed by atoms with Crippen LogP contribution in [-0.4, -0.2) is 60.7 Å². The van der Waals surface area contributed by atoms with Crippen molar-refractivity contribution in [2.45, 2.75) is 6.10 Å². The van der Waals surface area contributed by atoms with E-state index in [9.17, 15) is 0 Å². The molecule has 0 saturated carbocycles. The number of hydrogen-bond acceptors (Lipinski definition) is 4. The number of aliphatic hydroxyl groups excluding tert-OH is 3. The Kier molecular flexibility index (Phi) is 20.1. The third-order valence-electron chi connectivity index (χ3n) is 0.421. The second-order valence-corrected chi connectivity index (χ2v) is 2.36. The van der Waals surface area contributed by atoms with Gasteiger partial charge in [0.2, 0.25) is 0 Å². The summed E-state index contributed by atoms with van der Waals surface area (Å²) in [6.07, 6.45) is -0.954. The highest BCUT2D eigenvalue weighted by Gasteiger charge is 1.93. The molecule has 0 aromatic rings. The van der Waals surface area contributed by atoms with Crippen LogP contribution in [0.3, 0.4) is 0 Å². The summed E-state index contributed by atoms with van der Waals surface area (Å²) < 4.78 is 0. The zero-order valence-corrected chi connectivity index (χ0v) is 8.01. The van der Waals surface area contributed by atoms with E-state index in [0.29, 0.717) is 0 Å². The molecule has 0 aliphatic heterocycles. The quantitative estimate of drug-likeness (QED) is 0.516. The van der Waals surface area contributed by atoms with Crippen molar-refractivity contribution < 1.29 is 15.3 Å². The predicted molar refractivity (Wildman–Crippen MR) is 47.0 cm³/mol. The van der Waals surface area contributed by atoms with Gasteiger partial charge in [0.15, 0.2) is 0 Å². The van der Waals surface area contributed by atoms with Crippen LogP contribution in [0.5, 0.6) is 0 Å². The number of nitrogens with zero attached hydrogens (tertiary/aromatic N) is 1. The van der Waals surface area contributed by atoms with Crippen molar-refractivity contribution in [2.24, 2.45) is 0 Å². The van der Waals surface area contributed by atoms with Crippen LogP contribution in [0.15, 0.2) is 0 Å². The summed E-state index contributed by atoms with van der Waals surface area (Å²) in [6, 6.07) is 0. The summed E-state index contributed by atoms with van der Waals surface area (Å²) in [4.78, 5) is 2.00. The fraction of sp³-hybridized carbons (Fsp3) is 1.00. The molecule has 0 unspecified atom stereocenters. The zero-order valence-electron chi connectivity index (χ0n) is 7.19. The zero-order chi connectivity index (χ0) is 8.57. The number of halogens is 1. The molecule has 0 spiro atoms. The fourth-order valence-electron chi connectivity index (χ4n) is 0.0577. The number of aliphatic hydroxyl groups is 3. The van der Waals surface area contributed by atoms with Gasteiger partial charge in [-0.3, -0.25) is 0 Å². The van der Waals surface area contributed by atoms with Gasteiger partial charge < -0.3 is 20.2 Å².